The number of hydrogen-bond acceptors (Lipinski definition) is 8. The number of aromatic nitrogens is 2. The highest BCUT2D eigenvalue weighted by Gasteiger charge is 2.23. The fourth-order valence-corrected chi connectivity index (χ4v) is 4.74. The summed E-state index contributed by atoms with van der Waals surface area (Å²) in [6.07, 6.45) is 1.33. The molecule has 0 radical (unpaired) electrons. The lowest BCUT2D eigenvalue weighted by Gasteiger charge is -2.03. The number of sulfone groups is 1. The van der Waals surface area contributed by atoms with Crippen LogP contribution in [-0.2, 0) is 14.6 Å². The highest BCUT2D eigenvalue weighted by molar-refractivity contribution is 9.10. The number of anilines is 1. The molecular formula is C16H15BrN4O4S2. The van der Waals surface area contributed by atoms with E-state index in [9.17, 15) is 23.6 Å². The Labute approximate surface area is 168 Å². The van der Waals surface area contributed by atoms with Crippen LogP contribution in [-0.4, -0.2) is 34.5 Å². The van der Waals surface area contributed by atoms with Crippen LogP contribution in [0.2, 0.25) is 0 Å². The molecule has 0 saturated heterocycles. The topological polar surface area (TPSA) is 133 Å². The summed E-state index contributed by atoms with van der Waals surface area (Å²) >= 11 is 3.87. The van der Waals surface area contributed by atoms with Gasteiger partial charge in [0, 0.05) is 11.5 Å². The van der Waals surface area contributed by atoms with Gasteiger partial charge in [-0.3, -0.25) is 10.1 Å². The summed E-state index contributed by atoms with van der Waals surface area (Å²) in [6, 6.07) is 6.27. The van der Waals surface area contributed by atoms with Crippen LogP contribution in [0.5, 0.6) is 5.75 Å². The molecular weight excluding hydrogens is 456 g/mol. The van der Waals surface area contributed by atoms with Crippen molar-refractivity contribution in [2.45, 2.75) is 19.0 Å². The van der Waals surface area contributed by atoms with E-state index in [1.807, 2.05) is 0 Å². The van der Waals surface area contributed by atoms with Crippen LogP contribution in [0.1, 0.15) is 19.4 Å². The molecule has 0 saturated carbocycles. The average Bonchev–Trinajstić information content (AvgIpc) is 3.04. The highest BCUT2D eigenvalue weighted by atomic mass is 79.9. The third-order valence-electron chi connectivity index (χ3n) is 3.11. The normalized spacial score (nSPS) is 12.0. The Kier molecular flexibility index (Phi) is 6.69. The van der Waals surface area contributed by atoms with E-state index in [2.05, 4.69) is 30.6 Å². The van der Waals surface area contributed by atoms with E-state index in [0.29, 0.717) is 10.0 Å². The van der Waals surface area contributed by atoms with E-state index >= 15 is 0 Å². The standard InChI is InChI=1S/C16H15BrN4O4S2/c1-9(2)8-27(24,25)16-20-15(26-21-16)19-14(23)11(7-18)5-10-3-4-13(22)12(17)6-10/h3-6,9,22H,8H2,1-2H3,(H,19,20,21,23)/b11-5-. The van der Waals surface area contributed by atoms with E-state index in [1.165, 1.54) is 18.2 Å². The lowest BCUT2D eigenvalue weighted by Crippen LogP contribution is -2.15. The summed E-state index contributed by atoms with van der Waals surface area (Å²) < 4.78 is 28.4. The predicted molar refractivity (Wildman–Crippen MR) is 105 cm³/mol. The molecule has 0 atom stereocenters. The van der Waals surface area contributed by atoms with E-state index in [0.717, 1.165) is 11.5 Å². The molecule has 0 unspecified atom stereocenters. The molecule has 0 aliphatic heterocycles. The third kappa shape index (κ3) is 5.59. The molecule has 8 nitrogen and oxygen atoms in total. The van der Waals surface area contributed by atoms with Crippen molar-refractivity contribution in [2.24, 2.45) is 5.92 Å². The fraction of sp³-hybridized carbons (Fsp3) is 0.250. The smallest absolute Gasteiger partial charge is 0.268 e. The van der Waals surface area contributed by atoms with Gasteiger partial charge in [-0.05, 0) is 45.6 Å². The molecule has 0 bridgehead atoms. The van der Waals surface area contributed by atoms with Crippen LogP contribution < -0.4 is 5.32 Å². The summed E-state index contributed by atoms with van der Waals surface area (Å²) in [5.41, 5.74) is 0.304. The molecule has 11 heteroatoms. The van der Waals surface area contributed by atoms with E-state index in [1.54, 1.807) is 26.0 Å². The minimum Gasteiger partial charge on any atom is -0.507 e. The minimum absolute atomic E-state index is 0.0182. The molecule has 2 N–H and O–H groups in total. The van der Waals surface area contributed by atoms with Crippen LogP contribution in [0, 0.1) is 17.2 Å². The van der Waals surface area contributed by atoms with Crippen molar-refractivity contribution in [3.8, 4) is 11.8 Å². The van der Waals surface area contributed by atoms with E-state index in [4.69, 9.17) is 0 Å². The van der Waals surface area contributed by atoms with Crippen molar-refractivity contribution >= 4 is 54.4 Å². The Morgan fingerprint density at radius 1 is 1.48 bits per heavy atom. The molecule has 0 aliphatic carbocycles. The Hall–Kier alpha value is -2.29. The summed E-state index contributed by atoms with van der Waals surface area (Å²) in [5, 5.41) is 20.7. The number of benzene rings is 1. The van der Waals surface area contributed by atoms with Gasteiger partial charge in [-0.15, -0.1) is 0 Å². The number of phenolic OH excluding ortho intramolecular Hbond substituents is 1. The Bertz CT molecular complexity index is 1040. The molecule has 1 aromatic carbocycles. The Balaban J connectivity index is 2.19. The number of aromatic hydroxyl groups is 1. The van der Waals surface area contributed by atoms with Crippen molar-refractivity contribution in [2.75, 3.05) is 11.1 Å². The van der Waals surface area contributed by atoms with Gasteiger partial charge >= 0.3 is 0 Å². The summed E-state index contributed by atoms with van der Waals surface area (Å²) in [6.45, 7) is 3.52. The van der Waals surface area contributed by atoms with Gasteiger partial charge in [0.2, 0.25) is 15.0 Å². The summed E-state index contributed by atoms with van der Waals surface area (Å²) in [4.78, 5) is 16.1. The van der Waals surface area contributed by atoms with Crippen LogP contribution in [0.15, 0.2) is 33.4 Å². The molecule has 2 aromatic rings. The molecule has 0 spiro atoms. The number of nitrogens with zero attached hydrogens (tertiary/aromatic N) is 3. The molecule has 1 heterocycles. The molecule has 2 rings (SSSR count). The van der Waals surface area contributed by atoms with Gasteiger partial charge in [-0.25, -0.2) is 8.42 Å². The van der Waals surface area contributed by atoms with Crippen LogP contribution >= 0.6 is 27.5 Å². The first-order valence-corrected chi connectivity index (χ1v) is 10.8. The number of hydrogen-bond donors (Lipinski definition) is 2. The zero-order chi connectivity index (χ0) is 20.2. The van der Waals surface area contributed by atoms with Gasteiger partial charge in [-0.2, -0.15) is 14.6 Å². The lowest BCUT2D eigenvalue weighted by atomic mass is 10.1. The first-order chi connectivity index (χ1) is 12.6. The summed E-state index contributed by atoms with van der Waals surface area (Å²) in [5.74, 6) is -0.907. The van der Waals surface area contributed by atoms with Crippen molar-refractivity contribution < 1.29 is 18.3 Å². The van der Waals surface area contributed by atoms with Gasteiger partial charge < -0.3 is 5.11 Å². The summed E-state index contributed by atoms with van der Waals surface area (Å²) in [7, 11) is -3.63. The quantitative estimate of drug-likeness (QED) is 0.489. The fourth-order valence-electron chi connectivity index (χ4n) is 1.99. The number of nitriles is 1. The Morgan fingerprint density at radius 3 is 2.78 bits per heavy atom. The van der Waals surface area contributed by atoms with Crippen LogP contribution in [0.25, 0.3) is 6.08 Å². The number of phenols is 1. The second-order valence-electron chi connectivity index (χ2n) is 5.89. The van der Waals surface area contributed by atoms with Gasteiger partial charge in [0.25, 0.3) is 11.1 Å². The monoisotopic (exact) mass is 470 g/mol. The first kappa shape index (κ1) is 21.0. The van der Waals surface area contributed by atoms with Gasteiger partial charge in [0.15, 0.2) is 0 Å². The second-order valence-corrected chi connectivity index (χ2v) is 9.43. The Morgan fingerprint density at radius 2 is 2.19 bits per heavy atom. The number of halogens is 1. The minimum atomic E-state index is -3.63. The van der Waals surface area contributed by atoms with Crippen LogP contribution in [0.4, 0.5) is 5.13 Å². The van der Waals surface area contributed by atoms with Crippen molar-refractivity contribution in [1.29, 1.82) is 5.26 Å². The predicted octanol–water partition coefficient (Wildman–Crippen LogP) is 2.98. The lowest BCUT2D eigenvalue weighted by molar-refractivity contribution is -0.112. The number of amides is 1. The highest BCUT2D eigenvalue weighted by Crippen LogP contribution is 2.25. The third-order valence-corrected chi connectivity index (χ3v) is 6.33. The van der Waals surface area contributed by atoms with Crippen molar-refractivity contribution in [1.82, 2.24) is 9.36 Å². The van der Waals surface area contributed by atoms with Crippen LogP contribution in [0.3, 0.4) is 0 Å². The number of nitrogens with one attached hydrogen (secondary N) is 1. The van der Waals surface area contributed by atoms with E-state index in [-0.39, 0.29) is 33.3 Å². The maximum absolute atomic E-state index is 12.3. The largest absolute Gasteiger partial charge is 0.507 e. The zero-order valence-corrected chi connectivity index (χ0v) is 17.5. The molecule has 0 fully saturated rings. The zero-order valence-electron chi connectivity index (χ0n) is 14.3. The number of carbonyl (C=O) groups is 1. The molecule has 1 aromatic heterocycles. The first-order valence-electron chi connectivity index (χ1n) is 7.60. The molecule has 0 aliphatic rings. The van der Waals surface area contributed by atoms with E-state index < -0.39 is 15.7 Å². The number of carbonyl (C=O) groups excluding carboxylic acids is 1. The van der Waals surface area contributed by atoms with Crippen molar-refractivity contribution in [3.05, 3.63) is 33.8 Å². The SMILES string of the molecule is CC(C)CS(=O)(=O)c1nsc(NC(=O)/C(C#N)=C\c2ccc(O)c(Br)c2)n1. The maximum atomic E-state index is 12.3. The molecule has 1 amide bonds. The van der Waals surface area contributed by atoms with Crippen molar-refractivity contribution in [3.63, 3.8) is 0 Å². The van der Waals surface area contributed by atoms with Gasteiger partial charge in [0.05, 0.1) is 10.2 Å². The molecule has 142 valence electrons. The van der Waals surface area contributed by atoms with Gasteiger partial charge in [0.1, 0.15) is 17.4 Å². The van der Waals surface area contributed by atoms with Gasteiger partial charge in [-0.1, -0.05) is 19.9 Å². The number of rotatable bonds is 6. The maximum Gasteiger partial charge on any atom is 0.268 e. The second kappa shape index (κ2) is 8.60. The average molecular weight is 471 g/mol. The molecule has 27 heavy (non-hydrogen) atoms.